The molecule has 1 saturated carbocycles. The van der Waals surface area contributed by atoms with Crippen molar-refractivity contribution in [3.05, 3.63) is 59.2 Å². The van der Waals surface area contributed by atoms with Crippen LogP contribution in [0.3, 0.4) is 0 Å². The van der Waals surface area contributed by atoms with E-state index in [2.05, 4.69) is 52.7 Å². The highest BCUT2D eigenvalue weighted by atomic mass is 16.6. The molecule has 0 radical (unpaired) electrons. The van der Waals surface area contributed by atoms with Gasteiger partial charge in [-0.15, -0.1) is 0 Å². The van der Waals surface area contributed by atoms with Crippen LogP contribution in [-0.2, 0) is 42.5 Å². The Labute approximate surface area is 239 Å². The minimum Gasteiger partial charge on any atom is -0.490 e. The zero-order valence-electron chi connectivity index (χ0n) is 24.2. The van der Waals surface area contributed by atoms with E-state index in [1.54, 1.807) is 14.2 Å². The van der Waals surface area contributed by atoms with Crippen LogP contribution in [0.15, 0.2) is 42.5 Å². The maximum Gasteiger partial charge on any atom is 0.142 e. The number of rotatable bonds is 16. The van der Waals surface area contributed by atoms with Crippen LogP contribution in [0.5, 0.6) is 5.75 Å². The first-order chi connectivity index (χ1) is 19.7. The van der Waals surface area contributed by atoms with Gasteiger partial charge in [0, 0.05) is 33.9 Å². The lowest BCUT2D eigenvalue weighted by atomic mass is 9.81. The van der Waals surface area contributed by atoms with Gasteiger partial charge in [0.1, 0.15) is 24.1 Å². The molecule has 2 aromatic rings. The summed E-state index contributed by atoms with van der Waals surface area (Å²) in [6.07, 6.45) is 4.28. The van der Waals surface area contributed by atoms with Crippen LogP contribution < -0.4 is 15.0 Å². The minimum absolute atomic E-state index is 0.103. The van der Waals surface area contributed by atoms with E-state index in [1.807, 2.05) is 0 Å². The Hall–Kier alpha value is -2.20. The molecular weight excluding hydrogens is 508 g/mol. The third-order valence-corrected chi connectivity index (χ3v) is 8.15. The van der Waals surface area contributed by atoms with Crippen molar-refractivity contribution in [1.82, 2.24) is 5.32 Å². The number of methoxy groups -OCH3 is 2. The van der Waals surface area contributed by atoms with Gasteiger partial charge in [-0.1, -0.05) is 30.3 Å². The molecule has 0 bridgehead atoms. The summed E-state index contributed by atoms with van der Waals surface area (Å²) in [6, 6.07) is 15.2. The second-order valence-corrected chi connectivity index (χ2v) is 11.1. The maximum atomic E-state index is 6.84. The molecule has 0 unspecified atom stereocenters. The zero-order chi connectivity index (χ0) is 27.6. The number of benzene rings is 2. The van der Waals surface area contributed by atoms with Crippen LogP contribution in [0.2, 0.25) is 0 Å². The van der Waals surface area contributed by atoms with Gasteiger partial charge in [0.2, 0.25) is 0 Å². The van der Waals surface area contributed by atoms with Gasteiger partial charge in [-0.2, -0.15) is 0 Å². The molecular formula is C32H46N2O6. The summed E-state index contributed by atoms with van der Waals surface area (Å²) < 4.78 is 35.6. The van der Waals surface area contributed by atoms with Crippen LogP contribution in [0, 0.1) is 5.92 Å². The summed E-state index contributed by atoms with van der Waals surface area (Å²) in [6.45, 7) is 8.04. The predicted molar refractivity (Wildman–Crippen MR) is 155 cm³/mol. The number of ether oxygens (including phenoxy) is 6. The molecule has 2 atom stereocenters. The van der Waals surface area contributed by atoms with Crippen molar-refractivity contribution >= 4 is 5.69 Å². The highest BCUT2D eigenvalue weighted by Gasteiger charge is 2.45. The van der Waals surface area contributed by atoms with E-state index in [-0.39, 0.29) is 6.10 Å². The fourth-order valence-corrected chi connectivity index (χ4v) is 5.61. The van der Waals surface area contributed by atoms with E-state index in [0.717, 1.165) is 74.8 Å². The van der Waals surface area contributed by atoms with Gasteiger partial charge < -0.3 is 38.6 Å². The minimum atomic E-state index is -0.479. The molecule has 2 fully saturated rings. The van der Waals surface area contributed by atoms with Crippen LogP contribution >= 0.6 is 0 Å². The Morgan fingerprint density at radius 1 is 0.975 bits per heavy atom. The molecule has 0 aromatic heterocycles. The molecule has 3 aliphatic rings. The molecule has 8 nitrogen and oxygen atoms in total. The van der Waals surface area contributed by atoms with Crippen molar-refractivity contribution in [1.29, 1.82) is 0 Å². The highest BCUT2D eigenvalue weighted by Crippen LogP contribution is 2.41. The Morgan fingerprint density at radius 3 is 2.60 bits per heavy atom. The van der Waals surface area contributed by atoms with Crippen LogP contribution in [-0.4, -0.2) is 79.5 Å². The molecule has 2 aromatic carbocycles. The first-order valence-corrected chi connectivity index (χ1v) is 14.8. The van der Waals surface area contributed by atoms with E-state index in [9.17, 15) is 0 Å². The van der Waals surface area contributed by atoms with Crippen LogP contribution in [0.1, 0.15) is 42.4 Å². The summed E-state index contributed by atoms with van der Waals surface area (Å²) in [5.74, 6) is 1.62. The topological polar surface area (TPSA) is 70.7 Å². The first kappa shape index (κ1) is 29.3. The quantitative estimate of drug-likeness (QED) is 0.309. The lowest BCUT2D eigenvalue weighted by Gasteiger charge is -2.44. The van der Waals surface area contributed by atoms with Crippen LogP contribution in [0.25, 0.3) is 0 Å². The molecule has 1 N–H and O–H groups in total. The summed E-state index contributed by atoms with van der Waals surface area (Å²) in [7, 11) is 3.44. The first-order valence-electron chi connectivity index (χ1n) is 14.8. The van der Waals surface area contributed by atoms with Gasteiger partial charge >= 0.3 is 0 Å². The summed E-state index contributed by atoms with van der Waals surface area (Å²) in [5.41, 5.74) is 4.14. The second-order valence-electron chi connectivity index (χ2n) is 11.1. The van der Waals surface area contributed by atoms with Crippen molar-refractivity contribution in [3.63, 3.8) is 0 Å². The fourth-order valence-electron chi connectivity index (χ4n) is 5.61. The lowest BCUT2D eigenvalue weighted by Crippen LogP contribution is -2.55. The average Bonchev–Trinajstić information content (AvgIpc) is 3.83. The van der Waals surface area contributed by atoms with Gasteiger partial charge in [-0.05, 0) is 67.0 Å². The van der Waals surface area contributed by atoms with Gasteiger partial charge in [-0.25, -0.2) is 0 Å². The zero-order valence-corrected chi connectivity index (χ0v) is 24.2. The van der Waals surface area contributed by atoms with Crippen LogP contribution in [0.4, 0.5) is 5.69 Å². The Balaban J connectivity index is 1.30. The normalized spacial score (nSPS) is 22.6. The highest BCUT2D eigenvalue weighted by molar-refractivity contribution is 5.61. The van der Waals surface area contributed by atoms with E-state index >= 15 is 0 Å². The number of hydrogen-bond donors (Lipinski definition) is 1. The molecule has 8 heteroatoms. The number of nitrogens with one attached hydrogen (secondary N) is 1. The molecule has 1 saturated heterocycles. The number of piperidine rings is 1. The number of fused-ring (bicyclic) bond motifs is 1. The SMILES string of the molecule is COCCCN1CCOc2ccc(CO[C@H]3CNCC[C@]3(OCC3CC3)c3ccc(COCCOC)cc3)cc21. The monoisotopic (exact) mass is 554 g/mol. The Morgan fingerprint density at radius 2 is 1.80 bits per heavy atom. The van der Waals surface area contributed by atoms with Gasteiger partial charge in [0.15, 0.2) is 0 Å². The van der Waals surface area contributed by atoms with Crippen molar-refractivity contribution in [3.8, 4) is 5.75 Å². The molecule has 2 aliphatic heterocycles. The lowest BCUT2D eigenvalue weighted by molar-refractivity contribution is -0.172. The molecule has 2 heterocycles. The summed E-state index contributed by atoms with van der Waals surface area (Å²) in [4.78, 5) is 2.40. The van der Waals surface area contributed by atoms with Gasteiger partial charge in [0.25, 0.3) is 0 Å². The number of hydrogen-bond acceptors (Lipinski definition) is 8. The molecule has 0 amide bonds. The Kier molecular flexibility index (Phi) is 10.7. The molecule has 220 valence electrons. The average molecular weight is 555 g/mol. The third-order valence-electron chi connectivity index (χ3n) is 8.15. The Bertz CT molecular complexity index is 1050. The third kappa shape index (κ3) is 7.55. The van der Waals surface area contributed by atoms with E-state index in [4.69, 9.17) is 28.4 Å². The predicted octanol–water partition coefficient (Wildman–Crippen LogP) is 4.29. The number of anilines is 1. The van der Waals surface area contributed by atoms with E-state index in [0.29, 0.717) is 39.0 Å². The van der Waals surface area contributed by atoms with Gasteiger partial charge in [-0.3, -0.25) is 0 Å². The largest absolute Gasteiger partial charge is 0.490 e. The number of nitrogens with zero attached hydrogens (tertiary/aromatic N) is 1. The standard InChI is InChI=1S/C32H46N2O6/c1-35-16-3-14-34-15-17-38-30-11-8-27(20-29(30)34)23-39-31-21-33-13-12-32(31,40-24-26-4-5-26)28-9-6-25(7-10-28)22-37-19-18-36-2/h6-11,20,26,31,33H,3-5,12-19,21-24H2,1-2H3/t31-,32-/m0/s1. The van der Waals surface area contributed by atoms with E-state index < -0.39 is 5.60 Å². The van der Waals surface area contributed by atoms with Gasteiger partial charge in [0.05, 0.1) is 45.3 Å². The molecule has 5 rings (SSSR count). The van der Waals surface area contributed by atoms with Crippen molar-refractivity contribution < 1.29 is 28.4 Å². The van der Waals surface area contributed by atoms with Crippen molar-refractivity contribution in [2.75, 3.05) is 78.3 Å². The maximum absolute atomic E-state index is 6.84. The molecule has 0 spiro atoms. The van der Waals surface area contributed by atoms with Crippen molar-refractivity contribution in [2.45, 2.75) is 50.6 Å². The smallest absolute Gasteiger partial charge is 0.142 e. The fraction of sp³-hybridized carbons (Fsp3) is 0.625. The molecule has 1 aliphatic carbocycles. The summed E-state index contributed by atoms with van der Waals surface area (Å²) >= 11 is 0. The van der Waals surface area contributed by atoms with Crippen molar-refractivity contribution in [2.24, 2.45) is 5.92 Å². The molecule has 40 heavy (non-hydrogen) atoms. The second kappa shape index (κ2) is 14.6. The van der Waals surface area contributed by atoms with E-state index in [1.165, 1.54) is 18.4 Å². The summed E-state index contributed by atoms with van der Waals surface area (Å²) in [5, 5.41) is 3.56.